The number of rotatable bonds is 1. The van der Waals surface area contributed by atoms with E-state index in [-0.39, 0.29) is 0 Å². The van der Waals surface area contributed by atoms with Crippen LogP contribution in [-0.4, -0.2) is 10.7 Å². The minimum Gasteiger partial charge on any atom is -0.385 e. The molecule has 1 heteroatoms. The third-order valence-electron chi connectivity index (χ3n) is 2.34. The van der Waals surface area contributed by atoms with Crippen LogP contribution in [-0.2, 0) is 0 Å². The van der Waals surface area contributed by atoms with E-state index in [0.717, 1.165) is 25.7 Å². The van der Waals surface area contributed by atoms with Crippen molar-refractivity contribution in [2.45, 2.75) is 44.1 Å². The molecule has 0 saturated heterocycles. The summed E-state index contributed by atoms with van der Waals surface area (Å²) in [4.78, 5) is 0. The zero-order valence-electron chi connectivity index (χ0n) is 6.97. The molecule has 0 bridgehead atoms. The molecule has 1 fully saturated rings. The molecule has 0 amide bonds. The van der Waals surface area contributed by atoms with E-state index in [1.54, 1.807) is 6.08 Å². The molecule has 0 heterocycles. The van der Waals surface area contributed by atoms with Crippen LogP contribution in [0.3, 0.4) is 0 Å². The quantitative estimate of drug-likeness (QED) is 0.452. The molecule has 62 valence electrons. The molecule has 0 radical (unpaired) electrons. The van der Waals surface area contributed by atoms with Crippen LogP contribution in [0.25, 0.3) is 0 Å². The van der Waals surface area contributed by atoms with Gasteiger partial charge in [0, 0.05) is 0 Å². The zero-order valence-corrected chi connectivity index (χ0v) is 6.97. The van der Waals surface area contributed by atoms with Crippen LogP contribution in [0.15, 0.2) is 18.4 Å². The van der Waals surface area contributed by atoms with Crippen molar-refractivity contribution < 1.29 is 5.11 Å². The first-order valence-corrected chi connectivity index (χ1v) is 4.36. The van der Waals surface area contributed by atoms with Crippen LogP contribution in [0.4, 0.5) is 0 Å². The van der Waals surface area contributed by atoms with Gasteiger partial charge in [-0.05, 0) is 18.9 Å². The molecule has 1 rings (SSSR count). The lowest BCUT2D eigenvalue weighted by atomic mass is 9.95. The van der Waals surface area contributed by atoms with E-state index in [1.807, 2.05) is 0 Å². The van der Waals surface area contributed by atoms with Crippen molar-refractivity contribution in [3.8, 4) is 0 Å². The van der Waals surface area contributed by atoms with Crippen LogP contribution in [0.2, 0.25) is 0 Å². The molecule has 0 atom stereocenters. The molecule has 0 aliphatic heterocycles. The van der Waals surface area contributed by atoms with E-state index in [1.165, 1.54) is 12.8 Å². The monoisotopic (exact) mass is 152 g/mol. The molecule has 0 aromatic carbocycles. The molecule has 1 nitrogen and oxygen atoms in total. The van der Waals surface area contributed by atoms with Gasteiger partial charge in [-0.15, -0.1) is 5.73 Å². The van der Waals surface area contributed by atoms with E-state index in [2.05, 4.69) is 12.3 Å². The summed E-state index contributed by atoms with van der Waals surface area (Å²) < 4.78 is 0. The van der Waals surface area contributed by atoms with Gasteiger partial charge in [-0.1, -0.05) is 32.3 Å². The van der Waals surface area contributed by atoms with Crippen LogP contribution >= 0.6 is 0 Å². The zero-order chi connectivity index (χ0) is 8.16. The van der Waals surface area contributed by atoms with E-state index >= 15 is 0 Å². The summed E-state index contributed by atoms with van der Waals surface area (Å²) in [5.41, 5.74) is 2.10. The Morgan fingerprint density at radius 2 is 1.73 bits per heavy atom. The average Bonchev–Trinajstić information content (AvgIpc) is 2.15. The van der Waals surface area contributed by atoms with Gasteiger partial charge in [0.15, 0.2) is 0 Å². The van der Waals surface area contributed by atoms with Gasteiger partial charge in [0.1, 0.15) is 0 Å². The molecule has 1 N–H and O–H groups in total. The minimum absolute atomic E-state index is 0.585. The molecule has 1 aliphatic rings. The molecule has 11 heavy (non-hydrogen) atoms. The van der Waals surface area contributed by atoms with Crippen LogP contribution < -0.4 is 0 Å². The number of aliphatic hydroxyl groups is 1. The van der Waals surface area contributed by atoms with Gasteiger partial charge >= 0.3 is 0 Å². The van der Waals surface area contributed by atoms with Gasteiger partial charge in [0.2, 0.25) is 0 Å². The molecule has 1 aliphatic carbocycles. The number of hydrogen-bond acceptors (Lipinski definition) is 1. The third-order valence-corrected chi connectivity index (χ3v) is 2.34. The van der Waals surface area contributed by atoms with Gasteiger partial charge in [0.25, 0.3) is 0 Å². The molecule has 0 aromatic heterocycles. The van der Waals surface area contributed by atoms with Crippen molar-refractivity contribution in [2.75, 3.05) is 0 Å². The fourth-order valence-electron chi connectivity index (χ4n) is 1.68. The Morgan fingerprint density at radius 1 is 1.18 bits per heavy atom. The van der Waals surface area contributed by atoms with Gasteiger partial charge < -0.3 is 5.11 Å². The van der Waals surface area contributed by atoms with Crippen molar-refractivity contribution in [3.05, 3.63) is 18.4 Å². The van der Waals surface area contributed by atoms with E-state index in [4.69, 9.17) is 0 Å². The summed E-state index contributed by atoms with van der Waals surface area (Å²) in [6, 6.07) is 0. The molecular weight excluding hydrogens is 136 g/mol. The highest BCUT2D eigenvalue weighted by atomic mass is 16.3. The summed E-state index contributed by atoms with van der Waals surface area (Å²) in [5, 5.41) is 9.89. The Bertz CT molecular complexity index is 158. The lowest BCUT2D eigenvalue weighted by Gasteiger charge is -2.20. The lowest BCUT2D eigenvalue weighted by molar-refractivity contribution is 0.0749. The Balaban J connectivity index is 2.58. The summed E-state index contributed by atoms with van der Waals surface area (Å²) in [6.07, 6.45) is 8.27. The molecule has 0 spiro atoms. The Hall–Kier alpha value is -0.520. The second kappa shape index (κ2) is 3.75. The van der Waals surface area contributed by atoms with Crippen LogP contribution in [0, 0.1) is 0 Å². The predicted octanol–water partition coefficient (Wildman–Crippen LogP) is 2.41. The van der Waals surface area contributed by atoms with Gasteiger partial charge in [-0.25, -0.2) is 0 Å². The highest BCUT2D eigenvalue weighted by Crippen LogP contribution is 2.27. The highest BCUT2D eigenvalue weighted by Gasteiger charge is 2.24. The topological polar surface area (TPSA) is 20.2 Å². The normalized spacial score (nSPS) is 23.4. The standard InChI is InChI=1S/C10H16O/c1-2-7-10(11)8-5-3-4-6-9-10/h7,11H,1,3-6,8-9H2. The van der Waals surface area contributed by atoms with Gasteiger partial charge in [0.05, 0.1) is 5.60 Å². The SMILES string of the molecule is C=C=CC1(O)CCCCCC1. The second-order valence-corrected chi connectivity index (χ2v) is 3.37. The van der Waals surface area contributed by atoms with Crippen molar-refractivity contribution in [1.29, 1.82) is 0 Å². The first-order valence-electron chi connectivity index (χ1n) is 4.36. The van der Waals surface area contributed by atoms with Crippen molar-refractivity contribution in [2.24, 2.45) is 0 Å². The fraction of sp³-hybridized carbons (Fsp3) is 0.700. The first-order chi connectivity index (χ1) is 5.27. The first kappa shape index (κ1) is 8.58. The predicted molar refractivity (Wildman–Crippen MR) is 46.4 cm³/mol. The summed E-state index contributed by atoms with van der Waals surface area (Å²) in [7, 11) is 0. The molecule has 0 unspecified atom stereocenters. The second-order valence-electron chi connectivity index (χ2n) is 3.37. The van der Waals surface area contributed by atoms with Crippen molar-refractivity contribution >= 4 is 0 Å². The van der Waals surface area contributed by atoms with E-state index in [9.17, 15) is 5.11 Å². The molecular formula is C10H16O. The maximum Gasteiger partial charge on any atom is 0.0900 e. The Kier molecular flexibility index (Phi) is 2.92. The van der Waals surface area contributed by atoms with Crippen molar-refractivity contribution in [3.63, 3.8) is 0 Å². The summed E-state index contributed by atoms with van der Waals surface area (Å²) >= 11 is 0. The largest absolute Gasteiger partial charge is 0.385 e. The highest BCUT2D eigenvalue weighted by molar-refractivity contribution is 4.99. The fourth-order valence-corrected chi connectivity index (χ4v) is 1.68. The Morgan fingerprint density at radius 3 is 2.18 bits per heavy atom. The van der Waals surface area contributed by atoms with Crippen molar-refractivity contribution in [1.82, 2.24) is 0 Å². The molecule has 1 saturated carbocycles. The average molecular weight is 152 g/mol. The third kappa shape index (κ3) is 2.53. The maximum atomic E-state index is 9.89. The summed E-state index contributed by atoms with van der Waals surface area (Å²) in [5.74, 6) is 0. The van der Waals surface area contributed by atoms with E-state index in [0.29, 0.717) is 0 Å². The smallest absolute Gasteiger partial charge is 0.0900 e. The van der Waals surface area contributed by atoms with Crippen LogP contribution in [0.1, 0.15) is 38.5 Å². The summed E-state index contributed by atoms with van der Waals surface area (Å²) in [6.45, 7) is 3.49. The van der Waals surface area contributed by atoms with E-state index < -0.39 is 5.60 Å². The van der Waals surface area contributed by atoms with Crippen LogP contribution in [0.5, 0.6) is 0 Å². The van der Waals surface area contributed by atoms with Gasteiger partial charge in [-0.3, -0.25) is 0 Å². The Labute approximate surface area is 68.4 Å². The minimum atomic E-state index is -0.585. The lowest BCUT2D eigenvalue weighted by Crippen LogP contribution is -2.23. The molecule has 0 aromatic rings. The van der Waals surface area contributed by atoms with Gasteiger partial charge in [-0.2, -0.15) is 0 Å². The maximum absolute atomic E-state index is 9.89. The number of hydrogen-bond donors (Lipinski definition) is 1.